The third-order valence-corrected chi connectivity index (χ3v) is 18.4. The van der Waals surface area contributed by atoms with E-state index >= 15 is 0 Å². The van der Waals surface area contributed by atoms with Crippen LogP contribution in [0.2, 0.25) is 0 Å². The van der Waals surface area contributed by atoms with Gasteiger partial charge in [0, 0.05) is 143 Å². The zero-order valence-corrected chi connectivity index (χ0v) is 67.8. The van der Waals surface area contributed by atoms with Gasteiger partial charge >= 0.3 is 35.8 Å². The van der Waals surface area contributed by atoms with Gasteiger partial charge in [-0.3, -0.25) is 102 Å². The number of aromatic carboxylic acids is 2. The monoisotopic (exact) mass is 1710 g/mol. The number of aromatic nitrogens is 5. The number of aliphatic carboxylic acids is 4. The second kappa shape index (κ2) is 56.2. The molecule has 0 amide bonds. The quantitative estimate of drug-likeness (QED) is 0.00663. The van der Waals surface area contributed by atoms with E-state index in [2.05, 4.69) is 60.6 Å². The van der Waals surface area contributed by atoms with Crippen molar-refractivity contribution in [1.82, 2.24) is 79.7 Å². The van der Waals surface area contributed by atoms with Crippen molar-refractivity contribution in [1.29, 1.82) is 0 Å². The van der Waals surface area contributed by atoms with E-state index in [1.165, 1.54) is 12.1 Å². The number of nitrogens with one attached hydrogen (secondary N) is 2. The maximum absolute atomic E-state index is 11.9. The van der Waals surface area contributed by atoms with Crippen LogP contribution in [0.15, 0.2) is 114 Å². The van der Waals surface area contributed by atoms with Crippen LogP contribution in [0.5, 0.6) is 5.75 Å². The largest absolute Gasteiger partial charge is 0.492 e. The lowest BCUT2D eigenvalue weighted by Crippen LogP contribution is -2.49. The number of hydrogen-bond acceptors (Lipinski definition) is 36. The molecule has 1 atom stereocenters. The van der Waals surface area contributed by atoms with Gasteiger partial charge in [0.15, 0.2) is 0 Å². The summed E-state index contributed by atoms with van der Waals surface area (Å²) >= 11 is 8.86. The number of isothiocyanates is 1. The zero-order chi connectivity index (χ0) is 86.7. The molecular weight excluding hydrogens is 1610 g/mol. The summed E-state index contributed by atoms with van der Waals surface area (Å²) in [4.78, 5) is 164. The Kier molecular flexibility index (Phi) is 45.6. The Morgan fingerprint density at radius 3 is 1.29 bits per heavy atom. The lowest BCUT2D eigenvalue weighted by atomic mass is 10.0. The van der Waals surface area contributed by atoms with E-state index < -0.39 is 35.8 Å². The molecule has 42 heteroatoms. The molecule has 3 aliphatic rings. The number of fused-ring (bicyclic) bond motifs is 6. The van der Waals surface area contributed by atoms with E-state index in [9.17, 15) is 68.1 Å². The Morgan fingerprint density at radius 2 is 0.842 bits per heavy atom. The van der Waals surface area contributed by atoms with E-state index in [1.54, 1.807) is 39.0 Å². The molecule has 0 radical (unpaired) electrons. The van der Waals surface area contributed by atoms with Gasteiger partial charge in [0.1, 0.15) is 50.8 Å². The predicted octanol–water partition coefficient (Wildman–Crippen LogP) is 1.79. The average Bonchev–Trinajstić information content (AvgIpc) is 0.843. The highest BCUT2D eigenvalue weighted by Gasteiger charge is 2.28. The zero-order valence-electron chi connectivity index (χ0n) is 66.1. The molecule has 1 aromatic carbocycles. The molecule has 648 valence electrons. The van der Waals surface area contributed by atoms with E-state index in [0.29, 0.717) is 216 Å². The molecule has 0 saturated heterocycles. The van der Waals surface area contributed by atoms with Gasteiger partial charge in [0.2, 0.25) is 0 Å². The van der Waals surface area contributed by atoms with Crippen molar-refractivity contribution in [3.8, 4) is 5.75 Å². The summed E-state index contributed by atoms with van der Waals surface area (Å²) in [6, 6.07) is 31.8. The standard InChI is InChI=1S/C25H29N5O6S.C20H30N4O7S.C17H24N4O6.C16H18N4O4/c31-18-35-16-28-8-9-29(17-36-19-32)13-24(10-20-4-6-21(7-5-20)26-15-37)30(14-25(33)34)12-23-3-1-2-22(11-28)27-23;25-15-30-14-24-7-5-22(12-19(26)27)4-6-23(13-20(28)29)11-17-18(31-8-1-9-32)3-2-16(10-24)21-17;22-13-26-11-19-4-6-20(10-17(24)25)8-15-2-1-3-16(18-15)9-21(7-5-19)12-27-14-23;21-15(22)13-5-1-3-11(19-13)9-17-7-8-18-10-12-4-2-6-14(20-12)16(23)24/h1-7,18-19,24H,8-14,16-17H2,(H,33,34);2-3,15,32H,1,4-14H2,(H,26,27)(H,28,29);1-3,13-14H,4-12H2,(H,24,25);1-6,17-18H,7-10H2,(H,21,22)(H,23,24). The fourth-order valence-electron chi connectivity index (χ4n) is 12.4. The lowest BCUT2D eigenvalue weighted by molar-refractivity contribution is -0.140. The first-order valence-corrected chi connectivity index (χ1v) is 38.9. The Morgan fingerprint density at radius 1 is 0.450 bits per heavy atom. The Labute approximate surface area is 703 Å². The lowest BCUT2D eigenvalue weighted by Gasteiger charge is -2.36. The van der Waals surface area contributed by atoms with Crippen molar-refractivity contribution in [2.45, 2.75) is 71.2 Å². The summed E-state index contributed by atoms with van der Waals surface area (Å²) in [5.41, 5.74) is 7.39. The summed E-state index contributed by atoms with van der Waals surface area (Å²) in [5.74, 6) is -4.66. The second-order valence-corrected chi connectivity index (χ2v) is 27.8. The van der Waals surface area contributed by atoms with Crippen molar-refractivity contribution in [2.24, 2.45) is 4.99 Å². The molecule has 0 fully saturated rings. The van der Waals surface area contributed by atoms with Gasteiger partial charge in [-0.15, -0.1) is 0 Å². The van der Waals surface area contributed by atoms with Gasteiger partial charge in [-0.05, 0) is 109 Å². The first-order chi connectivity index (χ1) is 58.1. The highest BCUT2D eigenvalue weighted by molar-refractivity contribution is 7.80. The number of pyridine rings is 5. The van der Waals surface area contributed by atoms with E-state index in [0.717, 1.165) is 34.8 Å². The Balaban J connectivity index is 0.000000251. The van der Waals surface area contributed by atoms with Gasteiger partial charge in [0.05, 0.1) is 89.2 Å². The molecule has 3 aliphatic heterocycles. The number of benzene rings is 1. The molecule has 0 spiro atoms. The van der Waals surface area contributed by atoms with Gasteiger partial charge in [-0.2, -0.15) is 17.6 Å². The van der Waals surface area contributed by atoms with Crippen LogP contribution in [0, 0.1) is 0 Å². The van der Waals surface area contributed by atoms with Crippen LogP contribution < -0.4 is 15.4 Å². The number of aliphatic imine (C=N–C) groups is 1. The number of carboxylic acid groups (broad SMARTS) is 6. The molecule has 8 heterocycles. The van der Waals surface area contributed by atoms with Crippen molar-refractivity contribution in [3.05, 3.63) is 172 Å². The minimum absolute atomic E-state index is 0.0248. The average molecular weight is 1710 g/mol. The van der Waals surface area contributed by atoms with Crippen LogP contribution in [0.25, 0.3) is 0 Å². The molecule has 6 bridgehead atoms. The first kappa shape index (κ1) is 97.5. The van der Waals surface area contributed by atoms with Crippen LogP contribution in [0.1, 0.15) is 78.5 Å². The number of carboxylic acids is 6. The molecule has 5 aromatic heterocycles. The minimum Gasteiger partial charge on any atom is -0.492 e. The van der Waals surface area contributed by atoms with Crippen molar-refractivity contribution >= 4 is 104 Å². The molecule has 1 unspecified atom stereocenters. The van der Waals surface area contributed by atoms with Crippen LogP contribution in [0.4, 0.5) is 5.69 Å². The molecule has 0 saturated carbocycles. The summed E-state index contributed by atoms with van der Waals surface area (Å²) in [6.07, 6.45) is 1.29. The molecular formula is C78H101N17O23S2. The highest BCUT2D eigenvalue weighted by atomic mass is 32.1. The van der Waals surface area contributed by atoms with Gasteiger partial charge in [-0.25, -0.2) is 19.6 Å². The van der Waals surface area contributed by atoms with Gasteiger partial charge in [0.25, 0.3) is 32.4 Å². The van der Waals surface area contributed by atoms with E-state index in [4.69, 9.17) is 53.7 Å². The maximum Gasteiger partial charge on any atom is 0.354 e. The van der Waals surface area contributed by atoms with Crippen molar-refractivity contribution in [2.75, 3.05) is 157 Å². The van der Waals surface area contributed by atoms with Gasteiger partial charge in [-0.1, -0.05) is 36.4 Å². The summed E-state index contributed by atoms with van der Waals surface area (Å²) in [7, 11) is 0. The first-order valence-electron chi connectivity index (χ1n) is 37.8. The van der Waals surface area contributed by atoms with Gasteiger partial charge < -0.3 is 69.7 Å². The Bertz CT molecular complexity index is 4200. The normalized spacial score (nSPS) is 15.8. The molecule has 9 rings (SSSR count). The third-order valence-electron chi connectivity index (χ3n) is 18.0. The third kappa shape index (κ3) is 39.5. The Hall–Kier alpha value is -11.4. The van der Waals surface area contributed by atoms with E-state index in [-0.39, 0.29) is 83.8 Å². The smallest absolute Gasteiger partial charge is 0.354 e. The summed E-state index contributed by atoms with van der Waals surface area (Å²) < 4.78 is 30.6. The molecule has 8 N–H and O–H groups in total. The number of thiol groups is 1. The number of ether oxygens (including phenoxy) is 6. The molecule has 120 heavy (non-hydrogen) atoms. The van der Waals surface area contributed by atoms with Crippen LogP contribution in [-0.4, -0.2) is 336 Å². The number of nitrogens with zero attached hydrogens (tertiary/aromatic N) is 15. The molecule has 40 nitrogen and oxygen atoms in total. The van der Waals surface area contributed by atoms with Crippen LogP contribution in [-0.2, 0) is 126 Å². The number of hydrogen-bond donors (Lipinski definition) is 9. The fourth-order valence-corrected chi connectivity index (χ4v) is 12.6. The number of thiocarbonyl (C=S) groups is 1. The van der Waals surface area contributed by atoms with E-state index in [1.807, 2.05) is 102 Å². The maximum atomic E-state index is 11.9. The summed E-state index contributed by atoms with van der Waals surface area (Å²) in [6.45, 7) is 11.6. The molecule has 6 aromatic rings. The summed E-state index contributed by atoms with van der Waals surface area (Å²) in [5, 5.41) is 63.9. The number of rotatable bonds is 39. The minimum atomic E-state index is -1.05. The highest BCUT2D eigenvalue weighted by Crippen LogP contribution is 2.23. The number of carbonyl (C=O) groups excluding carboxylic acids is 5. The van der Waals surface area contributed by atoms with Crippen LogP contribution >= 0.6 is 24.8 Å². The predicted molar refractivity (Wildman–Crippen MR) is 434 cm³/mol. The topological polar surface area (TPSA) is 495 Å². The second-order valence-electron chi connectivity index (χ2n) is 27.1. The number of carbonyl (C=O) groups is 11. The van der Waals surface area contributed by atoms with Crippen LogP contribution in [0.3, 0.4) is 0 Å². The SMILES string of the molecule is O=C(O)c1cccc(CNCCNCc2cccc(C(=O)O)n2)n1.O=COCN1CCN(CC(=O)O)CCN(CC(=O)O)Cc2nc(ccc2OCCCS)C1.O=COCN1CCN(COC=O)CC(Cc2ccc(N=C=S)cc2)N(CC(=O)O)Cc2cccc(n2)C1.O=COCN1CCN(COC=O)Cc2cccc(n2)CN(CC(=O)O)CC1. The fraction of sp³-hybridized carbons (Fsp3) is 0.449. The van der Waals surface area contributed by atoms with Crippen molar-refractivity contribution in [3.63, 3.8) is 0 Å². The molecule has 0 aliphatic carbocycles. The van der Waals surface area contributed by atoms with Crippen molar-refractivity contribution < 1.29 is 112 Å².